The maximum absolute atomic E-state index is 12.4. The zero-order valence-corrected chi connectivity index (χ0v) is 15.1. The smallest absolute Gasteiger partial charge is 0.264 e. The summed E-state index contributed by atoms with van der Waals surface area (Å²) in [5.41, 5.74) is 0.677. The molecule has 0 saturated heterocycles. The first-order valence-corrected chi connectivity index (χ1v) is 8.70. The highest BCUT2D eigenvalue weighted by atomic mass is 16.3. The van der Waals surface area contributed by atoms with E-state index in [0.29, 0.717) is 17.8 Å². The van der Waals surface area contributed by atoms with Crippen molar-refractivity contribution in [2.75, 3.05) is 5.32 Å². The highest BCUT2D eigenvalue weighted by Crippen LogP contribution is 2.22. The molecule has 0 radical (unpaired) electrons. The molecule has 3 rings (SSSR count). The van der Waals surface area contributed by atoms with Gasteiger partial charge in [-0.25, -0.2) is 0 Å². The summed E-state index contributed by atoms with van der Waals surface area (Å²) in [5, 5.41) is 15.5. The number of amides is 2. The molecule has 3 N–H and O–H groups in total. The van der Waals surface area contributed by atoms with Crippen LogP contribution in [-0.2, 0) is 9.59 Å². The summed E-state index contributed by atoms with van der Waals surface area (Å²) in [5.74, 6) is -1.21. The number of pyridine rings is 1. The van der Waals surface area contributed by atoms with E-state index in [0.717, 1.165) is 0 Å². The Morgan fingerprint density at radius 2 is 1.89 bits per heavy atom. The van der Waals surface area contributed by atoms with Crippen molar-refractivity contribution in [3.8, 4) is 5.69 Å². The molecule has 0 fully saturated rings. The molecule has 7 heteroatoms. The average molecular weight is 367 g/mol. The van der Waals surface area contributed by atoms with Crippen LogP contribution in [-0.4, -0.2) is 27.5 Å². The summed E-state index contributed by atoms with van der Waals surface area (Å²) in [7, 11) is 0. The van der Waals surface area contributed by atoms with Crippen molar-refractivity contribution >= 4 is 17.5 Å². The minimum atomic E-state index is -0.666. The maximum Gasteiger partial charge on any atom is 0.264 e. The van der Waals surface area contributed by atoms with E-state index in [1.165, 1.54) is 10.6 Å². The molecular formula is C20H21N3O4. The molecule has 0 bridgehead atoms. The lowest BCUT2D eigenvalue weighted by molar-refractivity contribution is -0.120. The van der Waals surface area contributed by atoms with Gasteiger partial charge in [-0.15, -0.1) is 0 Å². The second-order valence-corrected chi connectivity index (χ2v) is 6.83. The zero-order chi connectivity index (χ0) is 19.6. The van der Waals surface area contributed by atoms with Crippen LogP contribution >= 0.6 is 0 Å². The van der Waals surface area contributed by atoms with Gasteiger partial charge >= 0.3 is 0 Å². The van der Waals surface area contributed by atoms with Gasteiger partial charge in [0.1, 0.15) is 11.3 Å². The van der Waals surface area contributed by atoms with Crippen molar-refractivity contribution in [3.05, 3.63) is 70.3 Å². The average Bonchev–Trinajstić information content (AvgIpc) is 2.89. The number of hydrogen-bond donors (Lipinski definition) is 3. The van der Waals surface area contributed by atoms with Crippen molar-refractivity contribution in [1.29, 1.82) is 0 Å². The van der Waals surface area contributed by atoms with Gasteiger partial charge in [0.25, 0.3) is 17.4 Å². The van der Waals surface area contributed by atoms with Gasteiger partial charge in [0.15, 0.2) is 0 Å². The molecule has 1 aromatic heterocycles. The van der Waals surface area contributed by atoms with Gasteiger partial charge in [-0.2, -0.15) is 0 Å². The van der Waals surface area contributed by atoms with Crippen LogP contribution in [0.15, 0.2) is 64.8 Å². The molecule has 1 aliphatic rings. The van der Waals surface area contributed by atoms with E-state index in [-0.39, 0.29) is 22.8 Å². The van der Waals surface area contributed by atoms with Crippen LogP contribution in [0.4, 0.5) is 5.69 Å². The molecule has 27 heavy (non-hydrogen) atoms. The Morgan fingerprint density at radius 3 is 2.52 bits per heavy atom. The zero-order valence-electron chi connectivity index (χ0n) is 15.1. The van der Waals surface area contributed by atoms with E-state index in [9.17, 15) is 19.5 Å². The first-order chi connectivity index (χ1) is 12.9. The second kappa shape index (κ2) is 7.49. The van der Waals surface area contributed by atoms with E-state index in [1.807, 2.05) is 13.8 Å². The van der Waals surface area contributed by atoms with Crippen LogP contribution in [0.3, 0.4) is 0 Å². The molecule has 0 spiro atoms. The van der Waals surface area contributed by atoms with Crippen LogP contribution in [0.25, 0.3) is 5.69 Å². The Kier molecular flexibility index (Phi) is 5.12. The summed E-state index contributed by atoms with van der Waals surface area (Å²) in [6, 6.07) is 10.9. The molecule has 1 atom stereocenters. The fourth-order valence-corrected chi connectivity index (χ4v) is 2.99. The minimum absolute atomic E-state index is 0.164. The number of benzene rings is 1. The van der Waals surface area contributed by atoms with Crippen LogP contribution < -0.4 is 16.2 Å². The molecule has 2 aromatic rings. The molecule has 2 amide bonds. The first-order valence-electron chi connectivity index (χ1n) is 8.70. The van der Waals surface area contributed by atoms with E-state index in [2.05, 4.69) is 10.6 Å². The van der Waals surface area contributed by atoms with Crippen molar-refractivity contribution in [2.45, 2.75) is 26.3 Å². The topological polar surface area (TPSA) is 100 Å². The number of nitrogens with zero attached hydrogens (tertiary/aromatic N) is 1. The SMILES string of the molecule is CC(C)CC1NC(=O)C(C(=O)Nc2ccc(-n3ccccc3=O)cc2)=C1O. The number of aliphatic hydroxyl groups excluding tert-OH is 1. The molecule has 0 aliphatic carbocycles. The Hall–Kier alpha value is -3.35. The lowest BCUT2D eigenvalue weighted by Crippen LogP contribution is -2.31. The predicted octanol–water partition coefficient (Wildman–Crippen LogP) is 2.13. The number of rotatable bonds is 5. The third kappa shape index (κ3) is 3.92. The Labute approximate surface area is 156 Å². The number of hydrogen-bond acceptors (Lipinski definition) is 4. The van der Waals surface area contributed by atoms with Gasteiger partial charge in [-0.3, -0.25) is 19.0 Å². The number of aliphatic hydroxyl groups is 1. The number of carbonyl (C=O) groups is 2. The third-order valence-corrected chi connectivity index (χ3v) is 4.28. The minimum Gasteiger partial charge on any atom is -0.509 e. The number of aromatic nitrogens is 1. The second-order valence-electron chi connectivity index (χ2n) is 6.83. The lowest BCUT2D eigenvalue weighted by Gasteiger charge is -2.13. The lowest BCUT2D eigenvalue weighted by atomic mass is 10.0. The van der Waals surface area contributed by atoms with Crippen molar-refractivity contribution in [3.63, 3.8) is 0 Å². The van der Waals surface area contributed by atoms with E-state index in [1.54, 1.807) is 42.6 Å². The van der Waals surface area contributed by atoms with Crippen molar-refractivity contribution in [2.24, 2.45) is 5.92 Å². The normalized spacial score (nSPS) is 16.6. The maximum atomic E-state index is 12.4. The molecular weight excluding hydrogens is 346 g/mol. The van der Waals surface area contributed by atoms with Crippen molar-refractivity contribution < 1.29 is 14.7 Å². The monoisotopic (exact) mass is 367 g/mol. The van der Waals surface area contributed by atoms with Crippen molar-refractivity contribution in [1.82, 2.24) is 9.88 Å². The molecule has 7 nitrogen and oxygen atoms in total. The van der Waals surface area contributed by atoms with Crippen LogP contribution in [0.5, 0.6) is 0 Å². The largest absolute Gasteiger partial charge is 0.509 e. The fourth-order valence-electron chi connectivity index (χ4n) is 2.99. The standard InChI is InChI=1S/C20H21N3O4/c1-12(2)11-15-18(25)17(20(27)22-15)19(26)21-13-6-8-14(9-7-13)23-10-4-3-5-16(23)24/h3-10,12,15,25H,11H2,1-2H3,(H,21,26)(H,22,27). The molecule has 2 heterocycles. The van der Waals surface area contributed by atoms with Gasteiger partial charge < -0.3 is 15.7 Å². The molecule has 1 unspecified atom stereocenters. The van der Waals surface area contributed by atoms with Gasteiger partial charge in [-0.05, 0) is 42.7 Å². The van der Waals surface area contributed by atoms with Gasteiger partial charge in [0, 0.05) is 23.6 Å². The Balaban J connectivity index is 1.76. The van der Waals surface area contributed by atoms with Crippen LogP contribution in [0, 0.1) is 5.92 Å². The predicted molar refractivity (Wildman–Crippen MR) is 102 cm³/mol. The summed E-state index contributed by atoms with van der Waals surface area (Å²) in [4.78, 5) is 36.3. The molecule has 0 saturated carbocycles. The van der Waals surface area contributed by atoms with Gasteiger partial charge in [-0.1, -0.05) is 19.9 Å². The van der Waals surface area contributed by atoms with Gasteiger partial charge in [0.2, 0.25) is 0 Å². The highest BCUT2D eigenvalue weighted by Gasteiger charge is 2.36. The number of nitrogens with one attached hydrogen (secondary N) is 2. The molecule has 140 valence electrons. The first kappa shape index (κ1) is 18.4. The Morgan fingerprint density at radius 1 is 1.19 bits per heavy atom. The summed E-state index contributed by atoms with van der Waals surface area (Å²) in [6.07, 6.45) is 2.20. The van der Waals surface area contributed by atoms with Crippen LogP contribution in [0.2, 0.25) is 0 Å². The number of carbonyl (C=O) groups excluding carboxylic acids is 2. The third-order valence-electron chi connectivity index (χ3n) is 4.28. The van der Waals surface area contributed by atoms with E-state index < -0.39 is 17.9 Å². The number of anilines is 1. The summed E-state index contributed by atoms with van der Waals surface area (Å²) in [6.45, 7) is 3.94. The fraction of sp³-hybridized carbons (Fsp3) is 0.250. The molecule has 1 aromatic carbocycles. The summed E-state index contributed by atoms with van der Waals surface area (Å²) >= 11 is 0. The summed E-state index contributed by atoms with van der Waals surface area (Å²) < 4.78 is 1.47. The quantitative estimate of drug-likeness (QED) is 0.705. The van der Waals surface area contributed by atoms with E-state index in [4.69, 9.17) is 0 Å². The Bertz CT molecular complexity index is 958. The highest BCUT2D eigenvalue weighted by molar-refractivity contribution is 6.24. The van der Waals surface area contributed by atoms with E-state index >= 15 is 0 Å². The molecule has 1 aliphatic heterocycles. The van der Waals surface area contributed by atoms with Crippen LogP contribution in [0.1, 0.15) is 20.3 Å². The van der Waals surface area contributed by atoms with Gasteiger partial charge in [0.05, 0.1) is 6.04 Å².